The minimum absolute atomic E-state index is 0.358. The molecular weight excluding hydrogens is 416 g/mol. The zero-order valence-corrected chi connectivity index (χ0v) is 21.4. The van der Waals surface area contributed by atoms with Gasteiger partial charge in [-0.3, -0.25) is 4.90 Å². The van der Waals surface area contributed by atoms with Crippen molar-refractivity contribution in [2.45, 2.75) is 59.1 Å². The van der Waals surface area contributed by atoms with Crippen LogP contribution in [-0.4, -0.2) is 42.1 Å². The van der Waals surface area contributed by atoms with Crippen molar-refractivity contribution in [2.75, 3.05) is 26.2 Å². The van der Waals surface area contributed by atoms with Crippen LogP contribution in [0.3, 0.4) is 0 Å². The Bertz CT molecular complexity index is 1020. The van der Waals surface area contributed by atoms with Crippen LogP contribution in [0.4, 0.5) is 0 Å². The van der Waals surface area contributed by atoms with E-state index >= 15 is 0 Å². The molecule has 0 atom stereocenters. The number of nitrogens with zero attached hydrogens (tertiary/aromatic N) is 2. The largest absolute Gasteiger partial charge is 0.490 e. The molecule has 3 heteroatoms. The lowest BCUT2D eigenvalue weighted by Crippen LogP contribution is -2.45. The molecule has 0 bridgehead atoms. The lowest BCUT2D eigenvalue weighted by Gasteiger charge is -2.37. The highest BCUT2D eigenvalue weighted by molar-refractivity contribution is 5.84. The topological polar surface area (TPSA) is 15.7 Å². The van der Waals surface area contributed by atoms with Gasteiger partial charge in [-0.1, -0.05) is 58.2 Å². The monoisotopic (exact) mass is 458 g/mol. The molecule has 0 aromatic heterocycles. The molecule has 0 amide bonds. The van der Waals surface area contributed by atoms with Gasteiger partial charge >= 0.3 is 0 Å². The van der Waals surface area contributed by atoms with Crippen LogP contribution in [0, 0.1) is 11.3 Å². The molecule has 1 saturated carbocycles. The van der Waals surface area contributed by atoms with Crippen molar-refractivity contribution in [3.05, 3.63) is 79.0 Å². The van der Waals surface area contributed by atoms with Crippen LogP contribution < -0.4 is 4.74 Å². The molecule has 4 rings (SSSR count). The second-order valence-corrected chi connectivity index (χ2v) is 11.1. The van der Waals surface area contributed by atoms with Crippen LogP contribution in [0.1, 0.15) is 52.0 Å². The lowest BCUT2D eigenvalue weighted by atomic mass is 9.72. The summed E-state index contributed by atoms with van der Waals surface area (Å²) in [5.41, 5.74) is 2.96. The molecule has 1 aliphatic carbocycles. The molecule has 182 valence electrons. The molecule has 1 aliphatic heterocycles. The third-order valence-electron chi connectivity index (χ3n) is 7.72. The summed E-state index contributed by atoms with van der Waals surface area (Å²) in [4.78, 5) is 4.93. The zero-order valence-electron chi connectivity index (χ0n) is 21.4. The van der Waals surface area contributed by atoms with Crippen LogP contribution in [0.5, 0.6) is 5.75 Å². The zero-order chi connectivity index (χ0) is 24.1. The van der Waals surface area contributed by atoms with Crippen molar-refractivity contribution in [1.82, 2.24) is 9.80 Å². The van der Waals surface area contributed by atoms with Crippen molar-refractivity contribution < 1.29 is 4.74 Å². The molecule has 0 N–H and O–H groups in total. The SMILES string of the molecule is C=C/C=C(\C=C)N1CCN(Cc2ccc3cc(OC4CCC(C(C)(C)C)CC4)ccc3c2)CC1. The van der Waals surface area contributed by atoms with Crippen LogP contribution in [-0.2, 0) is 6.54 Å². The molecule has 2 aliphatic rings. The van der Waals surface area contributed by atoms with Crippen LogP contribution >= 0.6 is 0 Å². The molecule has 0 spiro atoms. The minimum Gasteiger partial charge on any atom is -0.490 e. The Hall–Kier alpha value is -2.52. The molecule has 34 heavy (non-hydrogen) atoms. The van der Waals surface area contributed by atoms with Crippen molar-refractivity contribution >= 4 is 10.8 Å². The van der Waals surface area contributed by atoms with Gasteiger partial charge in [0.15, 0.2) is 0 Å². The Morgan fingerprint density at radius 1 is 0.941 bits per heavy atom. The van der Waals surface area contributed by atoms with Gasteiger partial charge in [-0.15, -0.1) is 0 Å². The first kappa shape index (κ1) is 24.6. The van der Waals surface area contributed by atoms with Crippen LogP contribution in [0.2, 0.25) is 0 Å². The fourth-order valence-corrected chi connectivity index (χ4v) is 5.53. The number of allylic oxidation sites excluding steroid dienone is 3. The molecule has 2 aromatic rings. The fourth-order valence-electron chi connectivity index (χ4n) is 5.53. The Kier molecular flexibility index (Phi) is 7.83. The first-order valence-corrected chi connectivity index (χ1v) is 13.0. The normalized spacial score (nSPS) is 22.6. The highest BCUT2D eigenvalue weighted by Crippen LogP contribution is 2.39. The van der Waals surface area contributed by atoms with Crippen molar-refractivity contribution in [2.24, 2.45) is 11.3 Å². The summed E-state index contributed by atoms with van der Waals surface area (Å²) < 4.78 is 6.40. The summed E-state index contributed by atoms with van der Waals surface area (Å²) in [6, 6.07) is 13.5. The molecule has 1 heterocycles. The van der Waals surface area contributed by atoms with Gasteiger partial charge in [0.1, 0.15) is 5.75 Å². The van der Waals surface area contributed by atoms with Gasteiger partial charge in [-0.05, 0) is 83.7 Å². The number of piperazine rings is 1. The summed E-state index contributed by atoms with van der Waals surface area (Å²) in [7, 11) is 0. The van der Waals surface area contributed by atoms with Gasteiger partial charge in [0.2, 0.25) is 0 Å². The number of fused-ring (bicyclic) bond motifs is 1. The van der Waals surface area contributed by atoms with E-state index in [2.05, 4.69) is 80.1 Å². The Morgan fingerprint density at radius 2 is 1.62 bits per heavy atom. The van der Waals surface area contributed by atoms with E-state index in [9.17, 15) is 0 Å². The average molecular weight is 459 g/mol. The predicted molar refractivity (Wildman–Crippen MR) is 145 cm³/mol. The standard InChI is InChI=1S/C31H42N2O/c1-6-8-28(7-2)33-19-17-32(18-20-33)23-24-9-10-26-22-30(14-11-25(26)21-24)34-29-15-12-27(13-16-29)31(3,4)5/h6-11,14,21-22,27,29H,1-2,12-13,15-20,23H2,3-5H3/b28-8+. The lowest BCUT2D eigenvalue weighted by molar-refractivity contribution is 0.0883. The number of ether oxygens (including phenoxy) is 1. The maximum atomic E-state index is 6.40. The van der Waals surface area contributed by atoms with Crippen molar-refractivity contribution in [1.29, 1.82) is 0 Å². The summed E-state index contributed by atoms with van der Waals surface area (Å²) in [6.45, 7) is 20.0. The van der Waals surface area contributed by atoms with E-state index in [4.69, 9.17) is 4.74 Å². The second-order valence-electron chi connectivity index (χ2n) is 11.1. The molecule has 2 fully saturated rings. The van der Waals surface area contributed by atoms with E-state index in [1.807, 2.05) is 18.2 Å². The van der Waals surface area contributed by atoms with Crippen LogP contribution in [0.25, 0.3) is 10.8 Å². The van der Waals surface area contributed by atoms with Crippen molar-refractivity contribution in [3.8, 4) is 5.75 Å². The van der Waals surface area contributed by atoms with Gasteiger partial charge in [-0.25, -0.2) is 0 Å². The number of hydrogen-bond donors (Lipinski definition) is 0. The molecule has 3 nitrogen and oxygen atoms in total. The fraction of sp³-hybridized carbons (Fsp3) is 0.484. The number of hydrogen-bond acceptors (Lipinski definition) is 3. The van der Waals surface area contributed by atoms with E-state index in [0.717, 1.165) is 44.4 Å². The van der Waals surface area contributed by atoms with E-state index < -0.39 is 0 Å². The first-order chi connectivity index (χ1) is 16.4. The molecular formula is C31H42N2O. The molecule has 0 unspecified atom stereocenters. The van der Waals surface area contributed by atoms with E-state index in [1.165, 1.54) is 47.7 Å². The smallest absolute Gasteiger partial charge is 0.120 e. The highest BCUT2D eigenvalue weighted by Gasteiger charge is 2.30. The van der Waals surface area contributed by atoms with Gasteiger partial charge in [0.25, 0.3) is 0 Å². The van der Waals surface area contributed by atoms with E-state index in [1.54, 1.807) is 0 Å². The minimum atomic E-state index is 0.358. The summed E-state index contributed by atoms with van der Waals surface area (Å²) >= 11 is 0. The van der Waals surface area contributed by atoms with Crippen molar-refractivity contribution in [3.63, 3.8) is 0 Å². The third kappa shape index (κ3) is 6.13. The molecule has 2 aromatic carbocycles. The average Bonchev–Trinajstić information content (AvgIpc) is 2.83. The number of benzene rings is 2. The van der Waals surface area contributed by atoms with Gasteiger partial charge in [0.05, 0.1) is 6.10 Å². The quantitative estimate of drug-likeness (QED) is 0.408. The highest BCUT2D eigenvalue weighted by atomic mass is 16.5. The second kappa shape index (κ2) is 10.8. The number of rotatable bonds is 7. The summed E-state index contributed by atoms with van der Waals surface area (Å²) in [6.07, 6.45) is 11.1. The Morgan fingerprint density at radius 3 is 2.26 bits per heavy atom. The van der Waals surface area contributed by atoms with E-state index in [0.29, 0.717) is 11.5 Å². The summed E-state index contributed by atoms with van der Waals surface area (Å²) in [5, 5.41) is 2.56. The first-order valence-electron chi connectivity index (χ1n) is 13.0. The van der Waals surface area contributed by atoms with Gasteiger partial charge < -0.3 is 9.64 Å². The van der Waals surface area contributed by atoms with E-state index in [-0.39, 0.29) is 0 Å². The maximum Gasteiger partial charge on any atom is 0.120 e. The van der Waals surface area contributed by atoms with Gasteiger partial charge in [0, 0.05) is 38.4 Å². The maximum absolute atomic E-state index is 6.40. The third-order valence-corrected chi connectivity index (χ3v) is 7.72. The Balaban J connectivity index is 1.32. The van der Waals surface area contributed by atoms with Crippen LogP contribution in [0.15, 0.2) is 73.5 Å². The Labute approximate surface area is 206 Å². The predicted octanol–water partition coefficient (Wildman–Crippen LogP) is 7.20. The molecule has 0 radical (unpaired) electrons. The summed E-state index contributed by atoms with van der Waals surface area (Å²) in [5.74, 6) is 1.83. The van der Waals surface area contributed by atoms with Gasteiger partial charge in [-0.2, -0.15) is 0 Å². The molecule has 1 saturated heterocycles.